The zero-order chi connectivity index (χ0) is 10.0. The summed E-state index contributed by atoms with van der Waals surface area (Å²) in [4.78, 5) is 17.7. The van der Waals surface area contributed by atoms with Crippen LogP contribution in [0, 0.1) is 5.92 Å². The fourth-order valence-corrected chi connectivity index (χ4v) is 1.31. The fraction of sp³-hybridized carbons (Fsp3) is 0.778. The first kappa shape index (κ1) is 10.2. The molecule has 0 bridgehead atoms. The summed E-state index contributed by atoms with van der Waals surface area (Å²) in [6, 6.07) is -0.185. The molecule has 0 aromatic rings. The molecule has 0 fully saturated rings. The van der Waals surface area contributed by atoms with Crippen molar-refractivity contribution in [2.24, 2.45) is 10.9 Å². The molecule has 1 N–H and O–H groups in total. The number of amides is 1. The van der Waals surface area contributed by atoms with E-state index in [1.165, 1.54) is 0 Å². The van der Waals surface area contributed by atoms with Crippen molar-refractivity contribution in [3.8, 4) is 0 Å². The number of nitrogens with one attached hydrogen (secondary N) is 1. The van der Waals surface area contributed by atoms with Crippen molar-refractivity contribution in [3.63, 3.8) is 0 Å². The maximum absolute atomic E-state index is 11.4. The predicted octanol–water partition coefficient (Wildman–Crippen LogP) is 0.101. The highest BCUT2D eigenvalue weighted by molar-refractivity contribution is 6.06. The van der Waals surface area contributed by atoms with E-state index in [0.29, 0.717) is 6.54 Å². The lowest BCUT2D eigenvalue weighted by atomic mass is 10.1. The van der Waals surface area contributed by atoms with Gasteiger partial charge in [0.15, 0.2) is 0 Å². The van der Waals surface area contributed by atoms with Crippen molar-refractivity contribution < 1.29 is 4.79 Å². The monoisotopic (exact) mass is 183 g/mol. The summed E-state index contributed by atoms with van der Waals surface area (Å²) in [6.45, 7) is 4.72. The Labute approximate surface area is 79.0 Å². The first-order valence-electron chi connectivity index (χ1n) is 4.53. The second kappa shape index (κ2) is 3.87. The van der Waals surface area contributed by atoms with E-state index in [4.69, 9.17) is 0 Å². The molecule has 0 saturated heterocycles. The topological polar surface area (TPSA) is 44.7 Å². The molecule has 4 heteroatoms. The molecule has 0 aromatic carbocycles. The van der Waals surface area contributed by atoms with Crippen molar-refractivity contribution in [1.29, 1.82) is 0 Å². The van der Waals surface area contributed by atoms with E-state index in [2.05, 4.69) is 10.3 Å². The molecule has 1 heterocycles. The molecule has 1 aliphatic heterocycles. The third kappa shape index (κ3) is 2.52. The lowest BCUT2D eigenvalue weighted by Gasteiger charge is -2.07. The van der Waals surface area contributed by atoms with Gasteiger partial charge in [-0.3, -0.25) is 9.79 Å². The quantitative estimate of drug-likeness (QED) is 0.674. The second-order valence-corrected chi connectivity index (χ2v) is 3.99. The van der Waals surface area contributed by atoms with Crippen LogP contribution in [0.15, 0.2) is 4.99 Å². The van der Waals surface area contributed by atoms with E-state index in [0.717, 1.165) is 5.84 Å². The van der Waals surface area contributed by atoms with Crippen molar-refractivity contribution in [3.05, 3.63) is 0 Å². The first-order chi connectivity index (χ1) is 6.00. The number of amidine groups is 1. The predicted molar refractivity (Wildman–Crippen MR) is 52.8 cm³/mol. The van der Waals surface area contributed by atoms with Gasteiger partial charge >= 0.3 is 0 Å². The SMILES string of the molecule is CC(C)C1N=C(CN(C)C)NC1=O. The standard InChI is InChI=1S/C9H17N3O/c1-6(2)8-9(13)11-7(10-8)5-12(3)4/h6,8H,5H2,1-4H3,(H,10,11,13). The second-order valence-electron chi connectivity index (χ2n) is 3.99. The van der Waals surface area contributed by atoms with Crippen LogP contribution in [0.1, 0.15) is 13.8 Å². The lowest BCUT2D eigenvalue weighted by Crippen LogP contribution is -2.35. The van der Waals surface area contributed by atoms with Crippen LogP contribution in [-0.2, 0) is 4.79 Å². The zero-order valence-corrected chi connectivity index (χ0v) is 8.66. The van der Waals surface area contributed by atoms with E-state index in [9.17, 15) is 4.79 Å². The summed E-state index contributed by atoms with van der Waals surface area (Å²) in [7, 11) is 3.91. The molecule has 0 spiro atoms. The highest BCUT2D eigenvalue weighted by atomic mass is 16.2. The Morgan fingerprint density at radius 2 is 2.15 bits per heavy atom. The van der Waals surface area contributed by atoms with Gasteiger partial charge in [0.05, 0.1) is 6.54 Å². The number of hydrogen-bond donors (Lipinski definition) is 1. The Morgan fingerprint density at radius 3 is 2.54 bits per heavy atom. The van der Waals surface area contributed by atoms with Gasteiger partial charge in [-0.2, -0.15) is 0 Å². The summed E-state index contributed by atoms with van der Waals surface area (Å²) in [5, 5.41) is 2.79. The van der Waals surface area contributed by atoms with Crippen molar-refractivity contribution in [2.45, 2.75) is 19.9 Å². The third-order valence-corrected chi connectivity index (χ3v) is 1.93. The normalized spacial score (nSPS) is 22.5. The van der Waals surface area contributed by atoms with E-state index < -0.39 is 0 Å². The van der Waals surface area contributed by atoms with E-state index in [-0.39, 0.29) is 17.9 Å². The van der Waals surface area contributed by atoms with Crippen LogP contribution in [0.2, 0.25) is 0 Å². The van der Waals surface area contributed by atoms with Crippen molar-refractivity contribution in [2.75, 3.05) is 20.6 Å². The largest absolute Gasteiger partial charge is 0.312 e. The van der Waals surface area contributed by atoms with Gasteiger partial charge in [0.2, 0.25) is 5.91 Å². The summed E-state index contributed by atoms with van der Waals surface area (Å²) in [5.41, 5.74) is 0. The Morgan fingerprint density at radius 1 is 1.54 bits per heavy atom. The summed E-state index contributed by atoms with van der Waals surface area (Å²) in [5.74, 6) is 1.10. The summed E-state index contributed by atoms with van der Waals surface area (Å²) >= 11 is 0. The van der Waals surface area contributed by atoms with Crippen LogP contribution in [0.5, 0.6) is 0 Å². The van der Waals surface area contributed by atoms with Crippen molar-refractivity contribution >= 4 is 11.7 Å². The molecule has 0 aromatic heterocycles. The van der Waals surface area contributed by atoms with Gasteiger partial charge in [0.1, 0.15) is 11.9 Å². The molecular formula is C9H17N3O. The molecule has 1 atom stereocenters. The number of likely N-dealkylation sites (N-methyl/N-ethyl adjacent to an activating group) is 1. The number of nitrogens with zero attached hydrogens (tertiary/aromatic N) is 2. The molecule has 1 amide bonds. The molecule has 0 radical (unpaired) electrons. The molecule has 13 heavy (non-hydrogen) atoms. The summed E-state index contributed by atoms with van der Waals surface area (Å²) in [6.07, 6.45) is 0. The smallest absolute Gasteiger partial charge is 0.250 e. The first-order valence-corrected chi connectivity index (χ1v) is 4.53. The zero-order valence-electron chi connectivity index (χ0n) is 8.66. The Balaban J connectivity index is 2.61. The maximum Gasteiger partial charge on any atom is 0.250 e. The number of rotatable bonds is 3. The molecule has 74 valence electrons. The van der Waals surface area contributed by atoms with Crippen LogP contribution in [0.3, 0.4) is 0 Å². The van der Waals surface area contributed by atoms with Crippen LogP contribution in [0.4, 0.5) is 0 Å². The average molecular weight is 183 g/mol. The van der Waals surface area contributed by atoms with Gasteiger partial charge in [0, 0.05) is 0 Å². The highest BCUT2D eigenvalue weighted by Gasteiger charge is 2.28. The number of carbonyl (C=O) groups excluding carboxylic acids is 1. The van der Waals surface area contributed by atoms with Gasteiger partial charge in [-0.05, 0) is 20.0 Å². The molecule has 4 nitrogen and oxygen atoms in total. The maximum atomic E-state index is 11.4. The minimum atomic E-state index is -0.185. The van der Waals surface area contributed by atoms with Gasteiger partial charge < -0.3 is 10.2 Å². The minimum absolute atomic E-state index is 0.0341. The van der Waals surface area contributed by atoms with Crippen molar-refractivity contribution in [1.82, 2.24) is 10.2 Å². The number of carbonyl (C=O) groups is 1. The minimum Gasteiger partial charge on any atom is -0.312 e. The van der Waals surface area contributed by atoms with Crippen LogP contribution < -0.4 is 5.32 Å². The van der Waals surface area contributed by atoms with Gasteiger partial charge in [-0.1, -0.05) is 13.8 Å². The van der Waals surface area contributed by atoms with Crippen LogP contribution in [-0.4, -0.2) is 43.3 Å². The molecule has 1 aliphatic rings. The van der Waals surface area contributed by atoms with Crippen LogP contribution >= 0.6 is 0 Å². The Kier molecular flexibility index (Phi) is 3.03. The molecule has 0 aliphatic carbocycles. The van der Waals surface area contributed by atoms with Crippen LogP contribution in [0.25, 0.3) is 0 Å². The van der Waals surface area contributed by atoms with E-state index >= 15 is 0 Å². The van der Waals surface area contributed by atoms with Gasteiger partial charge in [0.25, 0.3) is 0 Å². The van der Waals surface area contributed by atoms with E-state index in [1.54, 1.807) is 0 Å². The molecule has 1 unspecified atom stereocenters. The number of aliphatic imine (C=N–C) groups is 1. The Bertz CT molecular complexity index is 233. The Hall–Kier alpha value is -0.900. The highest BCUT2D eigenvalue weighted by Crippen LogP contribution is 2.11. The van der Waals surface area contributed by atoms with Gasteiger partial charge in [-0.15, -0.1) is 0 Å². The lowest BCUT2D eigenvalue weighted by molar-refractivity contribution is -0.120. The molecular weight excluding hydrogens is 166 g/mol. The number of hydrogen-bond acceptors (Lipinski definition) is 3. The molecule has 1 rings (SSSR count). The van der Waals surface area contributed by atoms with Gasteiger partial charge in [-0.25, -0.2) is 0 Å². The molecule has 0 saturated carbocycles. The fourth-order valence-electron chi connectivity index (χ4n) is 1.31. The third-order valence-electron chi connectivity index (χ3n) is 1.93. The average Bonchev–Trinajstić information content (AvgIpc) is 2.29. The van der Waals surface area contributed by atoms with E-state index in [1.807, 2.05) is 32.8 Å². The summed E-state index contributed by atoms with van der Waals surface area (Å²) < 4.78 is 0.